The SMILES string of the molecule is C=C(CCC(C)(C)CCC(=O)C1CC2CC1C1OC21)C1CC2CC1C(C)O2. The first-order chi connectivity index (χ1) is 12.8. The molecule has 3 heteroatoms. The molecule has 5 aliphatic rings. The number of carbonyl (C=O) groups excluding carboxylic acids is 1. The smallest absolute Gasteiger partial charge is 0.136 e. The minimum atomic E-state index is 0.217. The minimum absolute atomic E-state index is 0.217. The van der Waals surface area contributed by atoms with Crippen LogP contribution < -0.4 is 0 Å². The van der Waals surface area contributed by atoms with Crippen molar-refractivity contribution in [1.29, 1.82) is 0 Å². The second-order valence-electron chi connectivity index (χ2n) is 11.1. The van der Waals surface area contributed by atoms with E-state index in [-0.39, 0.29) is 5.41 Å². The van der Waals surface area contributed by atoms with Crippen LogP contribution in [-0.4, -0.2) is 30.2 Å². The highest BCUT2D eigenvalue weighted by Gasteiger charge is 2.64. The molecule has 27 heavy (non-hydrogen) atoms. The maximum absolute atomic E-state index is 12.8. The maximum atomic E-state index is 12.8. The molecule has 3 nitrogen and oxygen atoms in total. The molecule has 0 aromatic heterocycles. The lowest BCUT2D eigenvalue weighted by Gasteiger charge is -2.31. The van der Waals surface area contributed by atoms with Gasteiger partial charge in [-0.25, -0.2) is 0 Å². The van der Waals surface area contributed by atoms with Crippen molar-refractivity contribution in [3.8, 4) is 0 Å². The van der Waals surface area contributed by atoms with Gasteiger partial charge in [0.25, 0.3) is 0 Å². The highest BCUT2D eigenvalue weighted by molar-refractivity contribution is 5.82. The van der Waals surface area contributed by atoms with Gasteiger partial charge in [-0.05, 0) is 81.0 Å². The van der Waals surface area contributed by atoms with Crippen molar-refractivity contribution in [2.24, 2.45) is 35.0 Å². The Labute approximate surface area is 164 Å². The number of ketones is 1. The minimum Gasteiger partial charge on any atom is -0.375 e. The molecule has 9 unspecified atom stereocenters. The Morgan fingerprint density at radius 2 is 1.74 bits per heavy atom. The Morgan fingerprint density at radius 3 is 2.41 bits per heavy atom. The number of Topliss-reactive ketones (excluding diaryl/α,β-unsaturated/α-hetero) is 1. The Balaban J connectivity index is 1.08. The Kier molecular flexibility index (Phi) is 4.37. The summed E-state index contributed by atoms with van der Waals surface area (Å²) in [6, 6.07) is 0. The van der Waals surface area contributed by atoms with Crippen molar-refractivity contribution in [1.82, 2.24) is 0 Å². The van der Waals surface area contributed by atoms with Crippen LogP contribution in [-0.2, 0) is 14.3 Å². The average Bonchev–Trinajstić information content (AvgIpc) is 2.96. The van der Waals surface area contributed by atoms with Crippen molar-refractivity contribution in [2.45, 2.75) is 96.6 Å². The highest BCUT2D eigenvalue weighted by Crippen LogP contribution is 2.59. The van der Waals surface area contributed by atoms with Crippen LogP contribution in [0.3, 0.4) is 0 Å². The summed E-state index contributed by atoms with van der Waals surface area (Å²) in [6.07, 6.45) is 10.7. The summed E-state index contributed by atoms with van der Waals surface area (Å²) in [7, 11) is 0. The van der Waals surface area contributed by atoms with Crippen LogP contribution in [0.5, 0.6) is 0 Å². The number of epoxide rings is 1. The fraction of sp³-hybridized carbons (Fsp3) is 0.875. The molecule has 0 aromatic rings. The number of ether oxygens (including phenoxy) is 2. The summed E-state index contributed by atoms with van der Waals surface area (Å²) in [4.78, 5) is 12.8. The number of hydrogen-bond donors (Lipinski definition) is 0. The van der Waals surface area contributed by atoms with E-state index in [1.165, 1.54) is 24.8 Å². The van der Waals surface area contributed by atoms with Gasteiger partial charge >= 0.3 is 0 Å². The summed E-state index contributed by atoms with van der Waals surface area (Å²) in [5.41, 5.74) is 1.65. The predicted molar refractivity (Wildman–Crippen MR) is 105 cm³/mol. The zero-order chi connectivity index (χ0) is 18.9. The third kappa shape index (κ3) is 3.23. The molecule has 5 fully saturated rings. The Bertz CT molecular complexity index is 610. The largest absolute Gasteiger partial charge is 0.375 e. The van der Waals surface area contributed by atoms with E-state index in [4.69, 9.17) is 9.47 Å². The first-order valence-electron chi connectivity index (χ1n) is 11.3. The van der Waals surface area contributed by atoms with Crippen LogP contribution in [0.25, 0.3) is 0 Å². The second kappa shape index (κ2) is 6.42. The van der Waals surface area contributed by atoms with E-state index in [0.29, 0.717) is 59.8 Å². The quantitative estimate of drug-likeness (QED) is 0.448. The summed E-state index contributed by atoms with van der Waals surface area (Å²) in [6.45, 7) is 11.3. The summed E-state index contributed by atoms with van der Waals surface area (Å²) in [5, 5.41) is 0. The topological polar surface area (TPSA) is 38.8 Å². The molecule has 0 spiro atoms. The molecule has 9 atom stereocenters. The molecule has 2 saturated heterocycles. The maximum Gasteiger partial charge on any atom is 0.136 e. The molecular formula is C24H36O3. The third-order valence-electron chi connectivity index (χ3n) is 8.78. The van der Waals surface area contributed by atoms with Crippen molar-refractivity contribution >= 4 is 5.78 Å². The van der Waals surface area contributed by atoms with Crippen molar-refractivity contribution in [3.63, 3.8) is 0 Å². The fourth-order valence-corrected chi connectivity index (χ4v) is 6.95. The molecule has 5 rings (SSSR count). The molecule has 0 amide bonds. The standard InChI is InChI=1S/C24H36O3/c1-13(17-11-16-12-18(17)14(2)26-16)5-7-24(3,4)8-6-21(25)19-9-15-10-20(19)23-22(15)27-23/h14-20,22-23H,1,5-12H2,2-4H3. The lowest BCUT2D eigenvalue weighted by atomic mass is 9.76. The monoisotopic (exact) mass is 372 g/mol. The van der Waals surface area contributed by atoms with Gasteiger partial charge in [0.05, 0.1) is 24.4 Å². The molecular weight excluding hydrogens is 336 g/mol. The first-order valence-corrected chi connectivity index (χ1v) is 11.3. The second-order valence-corrected chi connectivity index (χ2v) is 11.1. The number of hydrogen-bond acceptors (Lipinski definition) is 3. The first kappa shape index (κ1) is 18.4. The van der Waals surface area contributed by atoms with E-state index < -0.39 is 0 Å². The fourth-order valence-electron chi connectivity index (χ4n) is 6.95. The molecule has 3 saturated carbocycles. The van der Waals surface area contributed by atoms with Gasteiger partial charge in [0.15, 0.2) is 0 Å². The van der Waals surface area contributed by atoms with Crippen LogP contribution in [0, 0.1) is 35.0 Å². The van der Waals surface area contributed by atoms with Gasteiger partial charge in [-0.15, -0.1) is 0 Å². The van der Waals surface area contributed by atoms with Gasteiger partial charge in [-0.1, -0.05) is 26.0 Å². The lowest BCUT2D eigenvalue weighted by molar-refractivity contribution is -0.124. The molecule has 4 bridgehead atoms. The summed E-state index contributed by atoms with van der Waals surface area (Å²) in [5.74, 6) is 3.42. The van der Waals surface area contributed by atoms with E-state index in [1.54, 1.807) is 0 Å². The number of rotatable bonds is 8. The number of fused-ring (bicyclic) bond motifs is 7. The third-order valence-corrected chi connectivity index (χ3v) is 8.78. The Morgan fingerprint density at radius 1 is 0.963 bits per heavy atom. The number of carbonyl (C=O) groups is 1. The van der Waals surface area contributed by atoms with Gasteiger partial charge in [-0.2, -0.15) is 0 Å². The van der Waals surface area contributed by atoms with Crippen LogP contribution in [0.2, 0.25) is 0 Å². The van der Waals surface area contributed by atoms with Crippen LogP contribution >= 0.6 is 0 Å². The molecule has 2 heterocycles. The molecule has 0 N–H and O–H groups in total. The number of allylic oxidation sites excluding steroid dienone is 1. The van der Waals surface area contributed by atoms with E-state index in [0.717, 1.165) is 32.1 Å². The molecule has 0 radical (unpaired) electrons. The van der Waals surface area contributed by atoms with E-state index >= 15 is 0 Å². The lowest BCUT2D eigenvalue weighted by Crippen LogP contribution is -2.27. The van der Waals surface area contributed by atoms with Gasteiger partial charge in [-0.3, -0.25) is 4.79 Å². The molecule has 3 aliphatic carbocycles. The predicted octanol–water partition coefficient (Wildman–Crippen LogP) is 4.94. The Hall–Kier alpha value is -0.670. The van der Waals surface area contributed by atoms with Crippen LogP contribution in [0.1, 0.15) is 72.1 Å². The highest BCUT2D eigenvalue weighted by atomic mass is 16.6. The van der Waals surface area contributed by atoms with Crippen molar-refractivity contribution < 1.29 is 14.3 Å². The van der Waals surface area contributed by atoms with Crippen molar-refractivity contribution in [3.05, 3.63) is 12.2 Å². The zero-order valence-corrected chi connectivity index (χ0v) is 17.3. The molecule has 150 valence electrons. The van der Waals surface area contributed by atoms with E-state index in [1.807, 2.05) is 0 Å². The van der Waals surface area contributed by atoms with E-state index in [9.17, 15) is 4.79 Å². The molecule has 2 aliphatic heterocycles. The van der Waals surface area contributed by atoms with Crippen LogP contribution in [0.4, 0.5) is 0 Å². The normalized spacial score (nSPS) is 46.7. The van der Waals surface area contributed by atoms with Crippen molar-refractivity contribution in [2.75, 3.05) is 0 Å². The van der Waals surface area contributed by atoms with Crippen LogP contribution in [0.15, 0.2) is 12.2 Å². The van der Waals surface area contributed by atoms with E-state index in [2.05, 4.69) is 27.4 Å². The van der Waals surface area contributed by atoms with Gasteiger partial charge in [0.2, 0.25) is 0 Å². The summed E-state index contributed by atoms with van der Waals surface area (Å²) < 4.78 is 11.7. The van der Waals surface area contributed by atoms with Gasteiger partial charge < -0.3 is 9.47 Å². The molecule has 0 aromatic carbocycles. The van der Waals surface area contributed by atoms with Gasteiger partial charge in [0.1, 0.15) is 5.78 Å². The zero-order valence-electron chi connectivity index (χ0n) is 17.3. The average molecular weight is 373 g/mol. The summed E-state index contributed by atoms with van der Waals surface area (Å²) >= 11 is 0. The van der Waals surface area contributed by atoms with Gasteiger partial charge in [0, 0.05) is 12.3 Å².